The van der Waals surface area contributed by atoms with Crippen LogP contribution in [-0.4, -0.2) is 37.4 Å². The van der Waals surface area contributed by atoms with Gasteiger partial charge in [-0.25, -0.2) is 4.57 Å². The van der Waals surface area contributed by atoms with Crippen molar-refractivity contribution in [3.8, 4) is 5.75 Å². The summed E-state index contributed by atoms with van der Waals surface area (Å²) in [7, 11) is -0.389. The second-order valence-corrected chi connectivity index (χ2v) is 5.46. The number of benzene rings is 1. The van der Waals surface area contributed by atoms with Gasteiger partial charge >= 0.3 is 13.0 Å². The monoisotopic (exact) mass is 284 g/mol. The molecule has 0 radical (unpaired) electrons. The number of ketones is 1. The highest BCUT2D eigenvalue weighted by Crippen LogP contribution is 2.48. The maximum atomic E-state index is 12.2. The molecule has 1 aromatic carbocycles. The highest BCUT2D eigenvalue weighted by Gasteiger charge is 2.45. The fourth-order valence-electron chi connectivity index (χ4n) is 1.42. The van der Waals surface area contributed by atoms with Crippen molar-refractivity contribution >= 4 is 18.8 Å². The molecule has 8 heteroatoms. The van der Waals surface area contributed by atoms with Gasteiger partial charge in [-0.1, -0.05) is 12.1 Å². The summed E-state index contributed by atoms with van der Waals surface area (Å²) in [6.45, 7) is 0. The zero-order valence-electron chi connectivity index (χ0n) is 10.7. The van der Waals surface area contributed by atoms with Crippen molar-refractivity contribution in [2.75, 3.05) is 21.3 Å². The van der Waals surface area contributed by atoms with Crippen molar-refractivity contribution in [1.29, 1.82) is 0 Å². The van der Waals surface area contributed by atoms with Gasteiger partial charge in [0, 0.05) is 14.2 Å². The Morgan fingerprint density at radius 3 is 2.26 bits per heavy atom. The molecule has 0 unspecified atom stereocenters. The summed E-state index contributed by atoms with van der Waals surface area (Å²) in [5.41, 5.74) is 8.30. The van der Waals surface area contributed by atoms with E-state index < -0.39 is 18.8 Å². The second kappa shape index (κ2) is 6.41. The van der Waals surface area contributed by atoms with E-state index in [2.05, 4.69) is 13.8 Å². The third kappa shape index (κ3) is 2.97. The van der Waals surface area contributed by atoms with Crippen molar-refractivity contribution in [3.63, 3.8) is 0 Å². The Balaban J connectivity index is 3.33. The minimum atomic E-state index is -3.95. The fraction of sp³-hybridized carbons (Fsp3) is 0.273. The van der Waals surface area contributed by atoms with E-state index >= 15 is 0 Å². The number of hydrogen-bond donors (Lipinski definition) is 0. The lowest BCUT2D eigenvalue weighted by Crippen LogP contribution is -2.18. The van der Waals surface area contributed by atoms with Crippen LogP contribution < -0.4 is 4.74 Å². The van der Waals surface area contributed by atoms with Crippen molar-refractivity contribution in [1.82, 2.24) is 0 Å². The van der Waals surface area contributed by atoms with Gasteiger partial charge < -0.3 is 19.3 Å². The van der Waals surface area contributed by atoms with E-state index in [9.17, 15) is 9.36 Å². The molecule has 0 saturated carbocycles. The Kier molecular flexibility index (Phi) is 5.15. The van der Waals surface area contributed by atoms with Crippen molar-refractivity contribution < 1.29 is 27.9 Å². The number of rotatable bonds is 6. The van der Waals surface area contributed by atoms with Gasteiger partial charge in [0.25, 0.3) is 5.78 Å². The van der Waals surface area contributed by atoms with Gasteiger partial charge in [0.2, 0.25) is 0 Å². The van der Waals surface area contributed by atoms with E-state index in [-0.39, 0.29) is 11.3 Å². The molecule has 0 bridgehead atoms. The molecule has 0 amide bonds. The van der Waals surface area contributed by atoms with Gasteiger partial charge in [0.15, 0.2) is 0 Å². The lowest BCUT2D eigenvalue weighted by atomic mass is 10.1. The van der Waals surface area contributed by atoms with Gasteiger partial charge in [-0.3, -0.25) is 4.79 Å². The number of para-hydroxylation sites is 1. The fourth-order valence-corrected chi connectivity index (χ4v) is 2.40. The standard InChI is InChI=1S/C11H13N2O5P/c1-16-9-7-5-4-6-8(9)10(14)11(13-12)19(15,17-2)18-3/h4-7H,1-3H3. The highest BCUT2D eigenvalue weighted by atomic mass is 31.2. The average Bonchev–Trinajstić information content (AvgIpc) is 2.47. The normalized spacial score (nSPS) is 10.7. The maximum Gasteiger partial charge on any atom is 0.448 e. The number of ether oxygens (including phenoxy) is 1. The number of carbonyl (C=O) groups excluding carboxylic acids is 1. The van der Waals surface area contributed by atoms with Crippen LogP contribution in [0.2, 0.25) is 0 Å². The molecule has 102 valence electrons. The maximum absolute atomic E-state index is 12.2. The predicted octanol–water partition coefficient (Wildman–Crippen LogP) is 1.99. The second-order valence-electron chi connectivity index (χ2n) is 3.32. The molecule has 0 saturated heterocycles. The zero-order valence-corrected chi connectivity index (χ0v) is 11.6. The smallest absolute Gasteiger partial charge is 0.448 e. The number of Topliss-reactive ketones (excluding diaryl/α,β-unsaturated/α-hetero) is 1. The lowest BCUT2D eigenvalue weighted by molar-refractivity contribution is -0.00427. The minimum Gasteiger partial charge on any atom is -0.496 e. The number of nitrogens with zero attached hydrogens (tertiary/aromatic N) is 2. The van der Waals surface area contributed by atoms with Crippen LogP contribution in [0.15, 0.2) is 24.3 Å². The average molecular weight is 284 g/mol. The van der Waals surface area contributed by atoms with Gasteiger partial charge in [-0.15, -0.1) is 0 Å². The van der Waals surface area contributed by atoms with E-state index in [0.29, 0.717) is 0 Å². The Hall–Kier alpha value is -1.78. The first-order chi connectivity index (χ1) is 9.03. The van der Waals surface area contributed by atoms with Crippen LogP contribution in [0, 0.1) is 0 Å². The predicted molar refractivity (Wildman–Crippen MR) is 67.6 cm³/mol. The third-order valence-corrected chi connectivity index (χ3v) is 4.16. The third-order valence-electron chi connectivity index (χ3n) is 2.39. The van der Waals surface area contributed by atoms with Crippen LogP contribution in [0.1, 0.15) is 10.4 Å². The largest absolute Gasteiger partial charge is 0.496 e. The Morgan fingerprint density at radius 2 is 1.79 bits per heavy atom. The van der Waals surface area contributed by atoms with Crippen molar-refractivity contribution in [2.24, 2.45) is 0 Å². The van der Waals surface area contributed by atoms with Gasteiger partial charge in [0.1, 0.15) is 5.75 Å². The van der Waals surface area contributed by atoms with Gasteiger partial charge in [-0.05, 0) is 12.1 Å². The molecule has 0 atom stereocenters. The van der Waals surface area contributed by atoms with E-state index in [1.807, 2.05) is 0 Å². The van der Waals surface area contributed by atoms with Crippen LogP contribution in [-0.2, 0) is 13.6 Å². The Bertz CT molecular complexity index is 572. The molecule has 19 heavy (non-hydrogen) atoms. The summed E-state index contributed by atoms with van der Waals surface area (Å²) >= 11 is 0. The first-order valence-corrected chi connectivity index (χ1v) is 6.70. The molecule has 0 N–H and O–H groups in total. The quantitative estimate of drug-likeness (QED) is 0.261. The van der Waals surface area contributed by atoms with Crippen molar-refractivity contribution in [2.45, 2.75) is 0 Å². The molecule has 0 aliphatic rings. The number of hydrogen-bond acceptors (Lipinski definition) is 5. The highest BCUT2D eigenvalue weighted by molar-refractivity contribution is 7.75. The van der Waals surface area contributed by atoms with Crippen LogP contribution in [0.25, 0.3) is 5.53 Å². The van der Waals surface area contributed by atoms with Crippen LogP contribution in [0.3, 0.4) is 0 Å². The van der Waals surface area contributed by atoms with E-state index in [1.54, 1.807) is 18.2 Å². The topological polar surface area (TPSA) is 98.2 Å². The van der Waals surface area contributed by atoms with Crippen LogP contribution in [0.5, 0.6) is 5.75 Å². The van der Waals surface area contributed by atoms with E-state index in [1.165, 1.54) is 13.2 Å². The molecular weight excluding hydrogens is 271 g/mol. The molecule has 7 nitrogen and oxygen atoms in total. The number of methoxy groups -OCH3 is 1. The lowest BCUT2D eigenvalue weighted by Gasteiger charge is -2.09. The molecule has 1 rings (SSSR count). The van der Waals surface area contributed by atoms with Crippen LogP contribution >= 0.6 is 7.60 Å². The molecule has 0 aliphatic heterocycles. The SMILES string of the molecule is COc1ccccc1C(=O)C(=[N+]=[N-])P(=O)(OC)OC. The first kappa shape index (κ1) is 15.3. The Labute approximate surface area is 110 Å². The minimum absolute atomic E-state index is 0.0899. The summed E-state index contributed by atoms with van der Waals surface area (Å²) in [4.78, 5) is 15.0. The molecular formula is C11H13N2O5P. The van der Waals surface area contributed by atoms with Crippen molar-refractivity contribution in [3.05, 3.63) is 35.4 Å². The van der Waals surface area contributed by atoms with E-state index in [4.69, 9.17) is 10.3 Å². The Morgan fingerprint density at radius 1 is 1.21 bits per heavy atom. The molecule has 0 fully saturated rings. The zero-order chi connectivity index (χ0) is 14.5. The molecule has 0 aromatic heterocycles. The molecule has 0 heterocycles. The summed E-state index contributed by atoms with van der Waals surface area (Å²) in [6.07, 6.45) is 0. The summed E-state index contributed by atoms with van der Waals surface area (Å²) in [5.74, 6) is -0.542. The van der Waals surface area contributed by atoms with E-state index in [0.717, 1.165) is 14.2 Å². The van der Waals surface area contributed by atoms with Crippen LogP contribution in [0.4, 0.5) is 0 Å². The number of carbonyl (C=O) groups is 1. The summed E-state index contributed by atoms with van der Waals surface area (Å²) in [5, 5.41) is 0. The summed E-state index contributed by atoms with van der Waals surface area (Å²) < 4.78 is 26.4. The first-order valence-electron chi connectivity index (χ1n) is 5.16. The molecule has 1 aromatic rings. The van der Waals surface area contributed by atoms with Gasteiger partial charge in [0.05, 0.1) is 12.7 Å². The summed E-state index contributed by atoms with van der Waals surface area (Å²) in [6, 6.07) is 6.25. The van der Waals surface area contributed by atoms with Gasteiger partial charge in [-0.2, -0.15) is 4.79 Å². The molecule has 0 aliphatic carbocycles. The molecule has 0 spiro atoms.